The number of ether oxygens (including phenoxy) is 1. The molecule has 1 atom stereocenters. The summed E-state index contributed by atoms with van der Waals surface area (Å²) >= 11 is 0. The van der Waals surface area contributed by atoms with Crippen molar-refractivity contribution in [3.05, 3.63) is 96.1 Å². The monoisotopic (exact) mass is 480 g/mol. The van der Waals surface area contributed by atoms with Crippen LogP contribution in [-0.2, 0) is 21.4 Å². The van der Waals surface area contributed by atoms with E-state index in [1.807, 2.05) is 60.7 Å². The highest BCUT2D eigenvalue weighted by Crippen LogP contribution is 2.23. The number of amides is 1. The lowest BCUT2D eigenvalue weighted by Gasteiger charge is -2.22. The second-order valence-corrected chi connectivity index (χ2v) is 10.2. The Morgan fingerprint density at radius 3 is 2.18 bits per heavy atom. The molecule has 6 nitrogen and oxygen atoms in total. The third-order valence-corrected chi connectivity index (χ3v) is 6.71. The van der Waals surface area contributed by atoms with Gasteiger partial charge in [0.05, 0.1) is 11.9 Å². The van der Waals surface area contributed by atoms with Gasteiger partial charge < -0.3 is 10.1 Å². The molecule has 0 aliphatic carbocycles. The molecule has 3 aromatic rings. The SMILES string of the molecule is CC(CNC(=O)CCCN(c1ccc(OCc2ccccc2)cc1)S(C)(=O)=O)c1ccccc1. The second-order valence-electron chi connectivity index (χ2n) is 8.32. The van der Waals surface area contributed by atoms with Crippen molar-refractivity contribution in [1.82, 2.24) is 5.32 Å². The van der Waals surface area contributed by atoms with Crippen LogP contribution in [0.2, 0.25) is 0 Å². The summed E-state index contributed by atoms with van der Waals surface area (Å²) in [6.45, 7) is 3.27. The maximum Gasteiger partial charge on any atom is 0.232 e. The Hall–Kier alpha value is -3.32. The summed E-state index contributed by atoms with van der Waals surface area (Å²) in [6, 6.07) is 26.8. The molecule has 180 valence electrons. The van der Waals surface area contributed by atoms with Gasteiger partial charge in [-0.2, -0.15) is 0 Å². The standard InChI is InChI=1S/C27H32N2O4S/c1-22(24-12-7-4-8-13-24)20-28-27(30)14-9-19-29(34(2,31)32)25-15-17-26(18-16-25)33-21-23-10-5-3-6-11-23/h3-8,10-13,15-18,22H,9,14,19-21H2,1-2H3,(H,28,30). The van der Waals surface area contributed by atoms with E-state index in [0.29, 0.717) is 31.0 Å². The zero-order chi connectivity index (χ0) is 24.4. The first-order chi connectivity index (χ1) is 16.3. The van der Waals surface area contributed by atoms with E-state index in [9.17, 15) is 13.2 Å². The molecular weight excluding hydrogens is 448 g/mol. The number of benzene rings is 3. The fourth-order valence-corrected chi connectivity index (χ4v) is 4.54. The number of nitrogens with zero attached hydrogens (tertiary/aromatic N) is 1. The molecule has 34 heavy (non-hydrogen) atoms. The Bertz CT molecular complexity index is 1130. The van der Waals surface area contributed by atoms with Gasteiger partial charge >= 0.3 is 0 Å². The maximum absolute atomic E-state index is 12.4. The van der Waals surface area contributed by atoms with Crippen LogP contribution in [0.15, 0.2) is 84.9 Å². The van der Waals surface area contributed by atoms with Crippen molar-refractivity contribution < 1.29 is 17.9 Å². The maximum atomic E-state index is 12.4. The van der Waals surface area contributed by atoms with Crippen molar-refractivity contribution in [1.29, 1.82) is 0 Å². The quantitative estimate of drug-likeness (QED) is 0.407. The average Bonchev–Trinajstić information content (AvgIpc) is 2.85. The minimum atomic E-state index is -3.48. The highest BCUT2D eigenvalue weighted by molar-refractivity contribution is 7.92. The Morgan fingerprint density at radius 2 is 1.56 bits per heavy atom. The summed E-state index contributed by atoms with van der Waals surface area (Å²) in [5.74, 6) is 0.786. The fourth-order valence-electron chi connectivity index (χ4n) is 3.57. The lowest BCUT2D eigenvalue weighted by molar-refractivity contribution is -0.121. The molecule has 0 aliphatic rings. The topological polar surface area (TPSA) is 75.7 Å². The summed E-state index contributed by atoms with van der Waals surface area (Å²) < 4.78 is 31.8. The van der Waals surface area contributed by atoms with Gasteiger partial charge in [0.2, 0.25) is 15.9 Å². The molecule has 1 N–H and O–H groups in total. The van der Waals surface area contributed by atoms with Crippen LogP contribution in [0.25, 0.3) is 0 Å². The predicted molar refractivity (Wildman–Crippen MR) is 137 cm³/mol. The molecule has 7 heteroatoms. The molecule has 0 aromatic heterocycles. The lowest BCUT2D eigenvalue weighted by atomic mass is 10.0. The van der Waals surface area contributed by atoms with E-state index >= 15 is 0 Å². The number of rotatable bonds is 12. The molecule has 0 heterocycles. The number of nitrogens with one attached hydrogen (secondary N) is 1. The molecule has 0 radical (unpaired) electrons. The Morgan fingerprint density at radius 1 is 0.941 bits per heavy atom. The van der Waals surface area contributed by atoms with E-state index in [1.165, 1.54) is 16.1 Å². The number of anilines is 1. The number of carbonyl (C=O) groups is 1. The van der Waals surface area contributed by atoms with Crippen LogP contribution < -0.4 is 14.4 Å². The van der Waals surface area contributed by atoms with Crippen LogP contribution >= 0.6 is 0 Å². The fraction of sp³-hybridized carbons (Fsp3) is 0.296. The molecule has 0 aliphatic heterocycles. The third-order valence-electron chi connectivity index (χ3n) is 5.51. The second kappa shape index (κ2) is 12.2. The van der Waals surface area contributed by atoms with Crippen LogP contribution in [0.3, 0.4) is 0 Å². The molecule has 0 fully saturated rings. The van der Waals surface area contributed by atoms with Gasteiger partial charge in [0, 0.05) is 19.5 Å². The van der Waals surface area contributed by atoms with E-state index in [0.717, 1.165) is 5.56 Å². The van der Waals surface area contributed by atoms with Crippen LogP contribution in [-0.4, -0.2) is 33.7 Å². The van der Waals surface area contributed by atoms with Crippen LogP contribution in [0.1, 0.15) is 36.8 Å². The molecule has 3 rings (SSSR count). The summed E-state index contributed by atoms with van der Waals surface area (Å²) in [5, 5.41) is 2.94. The van der Waals surface area contributed by atoms with Gasteiger partial charge in [-0.1, -0.05) is 67.6 Å². The Labute approximate surface area is 202 Å². The van der Waals surface area contributed by atoms with Crippen molar-refractivity contribution >= 4 is 21.6 Å². The van der Waals surface area contributed by atoms with Crippen molar-refractivity contribution in [2.45, 2.75) is 32.3 Å². The molecule has 0 saturated carbocycles. The van der Waals surface area contributed by atoms with E-state index in [-0.39, 0.29) is 24.8 Å². The number of hydrogen-bond donors (Lipinski definition) is 1. The zero-order valence-electron chi connectivity index (χ0n) is 19.7. The largest absolute Gasteiger partial charge is 0.489 e. The van der Waals surface area contributed by atoms with Gasteiger partial charge in [-0.15, -0.1) is 0 Å². The molecule has 1 unspecified atom stereocenters. The van der Waals surface area contributed by atoms with Gasteiger partial charge in [0.25, 0.3) is 0 Å². The van der Waals surface area contributed by atoms with Gasteiger partial charge in [-0.25, -0.2) is 8.42 Å². The first kappa shape index (κ1) is 25.3. The number of carbonyl (C=O) groups excluding carboxylic acids is 1. The average molecular weight is 481 g/mol. The van der Waals surface area contributed by atoms with Crippen molar-refractivity contribution in [3.8, 4) is 5.75 Å². The highest BCUT2D eigenvalue weighted by atomic mass is 32.2. The molecular formula is C27H32N2O4S. The van der Waals surface area contributed by atoms with Crippen molar-refractivity contribution in [3.63, 3.8) is 0 Å². The van der Waals surface area contributed by atoms with Gasteiger partial charge in [-0.3, -0.25) is 9.10 Å². The number of sulfonamides is 1. The highest BCUT2D eigenvalue weighted by Gasteiger charge is 2.18. The van der Waals surface area contributed by atoms with Gasteiger partial charge in [-0.05, 0) is 47.7 Å². The molecule has 0 spiro atoms. The summed E-state index contributed by atoms with van der Waals surface area (Å²) in [6.07, 6.45) is 1.85. The number of hydrogen-bond acceptors (Lipinski definition) is 4. The van der Waals surface area contributed by atoms with Crippen LogP contribution in [0.5, 0.6) is 5.75 Å². The van der Waals surface area contributed by atoms with Crippen LogP contribution in [0, 0.1) is 0 Å². The Balaban J connectivity index is 1.49. The predicted octanol–water partition coefficient (Wildman–Crippen LogP) is 4.73. The summed E-state index contributed by atoms with van der Waals surface area (Å²) in [4.78, 5) is 12.3. The van der Waals surface area contributed by atoms with E-state index in [4.69, 9.17) is 4.74 Å². The summed E-state index contributed by atoms with van der Waals surface area (Å²) in [5.41, 5.74) is 2.77. The van der Waals surface area contributed by atoms with E-state index < -0.39 is 10.0 Å². The zero-order valence-corrected chi connectivity index (χ0v) is 20.5. The Kier molecular flexibility index (Phi) is 9.10. The third kappa shape index (κ3) is 7.92. The first-order valence-corrected chi connectivity index (χ1v) is 13.2. The molecule has 0 saturated heterocycles. The van der Waals surface area contributed by atoms with Gasteiger partial charge in [0.15, 0.2) is 0 Å². The minimum Gasteiger partial charge on any atom is -0.489 e. The van der Waals surface area contributed by atoms with Gasteiger partial charge in [0.1, 0.15) is 12.4 Å². The van der Waals surface area contributed by atoms with Crippen molar-refractivity contribution in [2.75, 3.05) is 23.7 Å². The first-order valence-electron chi connectivity index (χ1n) is 11.4. The molecule has 1 amide bonds. The molecule has 0 bridgehead atoms. The smallest absolute Gasteiger partial charge is 0.232 e. The normalized spacial score (nSPS) is 12.1. The van der Waals surface area contributed by atoms with E-state index in [1.54, 1.807) is 24.3 Å². The van der Waals surface area contributed by atoms with Crippen LogP contribution in [0.4, 0.5) is 5.69 Å². The summed E-state index contributed by atoms with van der Waals surface area (Å²) in [7, 11) is -3.48. The molecule has 3 aromatic carbocycles. The minimum absolute atomic E-state index is 0.0825. The van der Waals surface area contributed by atoms with Crippen molar-refractivity contribution in [2.24, 2.45) is 0 Å². The van der Waals surface area contributed by atoms with E-state index in [2.05, 4.69) is 12.2 Å². The lowest BCUT2D eigenvalue weighted by Crippen LogP contribution is -2.32.